The number of nitrogens with one attached hydrogen (secondary N) is 1. The third-order valence-electron chi connectivity index (χ3n) is 4.35. The van der Waals surface area contributed by atoms with Gasteiger partial charge in [-0.2, -0.15) is 0 Å². The van der Waals surface area contributed by atoms with E-state index >= 15 is 0 Å². The monoisotopic (exact) mass is 587 g/mol. The number of fused-ring (bicyclic) bond motifs is 1. The van der Waals surface area contributed by atoms with Crippen molar-refractivity contribution in [2.24, 2.45) is 5.16 Å². The first-order valence-corrected chi connectivity index (χ1v) is 12.2. The summed E-state index contributed by atoms with van der Waals surface area (Å²) in [7, 11) is 1.19. The van der Waals surface area contributed by atoms with Gasteiger partial charge in [-0.05, 0) is 5.41 Å². The molecule has 0 radical (unpaired) electrons. The van der Waals surface area contributed by atoms with Crippen LogP contribution in [0.25, 0.3) is 0 Å². The fraction of sp³-hybridized carbons (Fsp3) is 0.278. The number of carbonyl (C=O) groups excluding carboxylic acids is 5. The van der Waals surface area contributed by atoms with Crippen LogP contribution in [0.3, 0.4) is 0 Å². The Morgan fingerprint density at radius 2 is 2.05 bits per heavy atom. The number of nitrogen functional groups attached to an aromatic ring is 1. The van der Waals surface area contributed by atoms with Crippen LogP contribution in [0.1, 0.15) is 5.69 Å². The molecule has 0 aromatic carbocycles. The second-order valence-corrected chi connectivity index (χ2v) is 9.52. The van der Waals surface area contributed by atoms with Crippen molar-refractivity contribution in [1.82, 2.24) is 15.2 Å². The van der Waals surface area contributed by atoms with Crippen molar-refractivity contribution in [2.45, 2.75) is 11.4 Å². The quantitative estimate of drug-likeness (QED) is 0.0650. The van der Waals surface area contributed by atoms with Gasteiger partial charge < -0.3 is 40.4 Å². The number of esters is 1. The smallest absolute Gasteiger partial charge is 0.546 e. The standard InChI is InChI=1S/C18H17N5O9S3.2Na/c1-31-10(26)2-3-33-8-6-34-16-12(15(28)23(16)13(8)17(29)30)21-14(27)11(22-32-4-9(24)25)7-5-35-18(19)20-7;;/h2-3,5,12,16H,4,6H2,1H3,(H2,19,20)(H,21,27)(H,24,25)(H,29,30);;/q;2*+1/p-2/b3-2-,22-11-;;/t12-,16+;;/m1../s1. The molecular formula is C18H15N5Na2O9S3. The third kappa shape index (κ3) is 8.21. The van der Waals surface area contributed by atoms with Crippen LogP contribution in [0.5, 0.6) is 0 Å². The van der Waals surface area contributed by atoms with Gasteiger partial charge in [0.25, 0.3) is 11.8 Å². The predicted octanol–water partition coefficient (Wildman–Crippen LogP) is -9.01. The number of aromatic nitrogens is 1. The van der Waals surface area contributed by atoms with Gasteiger partial charge in [0, 0.05) is 22.1 Å². The summed E-state index contributed by atoms with van der Waals surface area (Å²) < 4.78 is 4.46. The number of amides is 2. The molecule has 2 aliphatic heterocycles. The van der Waals surface area contributed by atoms with Gasteiger partial charge in [-0.25, -0.2) is 9.78 Å². The number of hydrogen-bond acceptors (Lipinski definition) is 15. The second kappa shape index (κ2) is 15.1. The van der Waals surface area contributed by atoms with E-state index in [0.29, 0.717) is 0 Å². The molecule has 0 bridgehead atoms. The SMILES string of the molecule is COC(=O)/C=C\SC1=C(C(=O)[O-])N2C(=O)[C@@H](NC(=O)/C(=N\OCC(=O)[O-])c3csc(N)n3)[C@@H]2SC1.[Na+].[Na+]. The number of oxime groups is 1. The summed E-state index contributed by atoms with van der Waals surface area (Å²) in [6.45, 7) is -0.935. The summed E-state index contributed by atoms with van der Waals surface area (Å²) in [5, 5.41) is 30.3. The number of rotatable bonds is 10. The van der Waals surface area contributed by atoms with Crippen LogP contribution in [0.4, 0.5) is 5.13 Å². The van der Waals surface area contributed by atoms with Gasteiger partial charge in [0.1, 0.15) is 17.1 Å². The summed E-state index contributed by atoms with van der Waals surface area (Å²) in [6.07, 6.45) is 1.09. The summed E-state index contributed by atoms with van der Waals surface area (Å²) in [4.78, 5) is 68.9. The average molecular weight is 588 g/mol. The topological polar surface area (TPSA) is 216 Å². The summed E-state index contributed by atoms with van der Waals surface area (Å²) >= 11 is 3.08. The van der Waals surface area contributed by atoms with E-state index in [4.69, 9.17) is 5.73 Å². The summed E-state index contributed by atoms with van der Waals surface area (Å²) in [5.74, 6) is -5.31. The number of aliphatic carboxylic acids is 2. The summed E-state index contributed by atoms with van der Waals surface area (Å²) in [5.41, 5.74) is 4.74. The first-order chi connectivity index (χ1) is 16.6. The van der Waals surface area contributed by atoms with Crippen molar-refractivity contribution in [1.29, 1.82) is 0 Å². The number of hydrogen-bond donors (Lipinski definition) is 2. The number of carboxylic acids is 2. The van der Waals surface area contributed by atoms with Crippen LogP contribution in [0.15, 0.2) is 32.6 Å². The van der Waals surface area contributed by atoms with Gasteiger partial charge >= 0.3 is 65.1 Å². The van der Waals surface area contributed by atoms with E-state index in [0.717, 1.165) is 34.1 Å². The zero-order chi connectivity index (χ0) is 25.7. The van der Waals surface area contributed by atoms with Crippen LogP contribution < -0.4 is 80.4 Å². The molecule has 1 saturated heterocycles. The summed E-state index contributed by atoms with van der Waals surface area (Å²) in [6, 6.07) is -1.12. The number of methoxy groups -OCH3 is 1. The molecule has 19 heteroatoms. The third-order valence-corrected chi connectivity index (χ3v) is 7.38. The molecule has 0 spiro atoms. The minimum absolute atomic E-state index is 0. The Labute approximate surface area is 266 Å². The number of β-lactam (4-membered cyclic amide) rings is 1. The van der Waals surface area contributed by atoms with Crippen molar-refractivity contribution in [3.63, 3.8) is 0 Å². The maximum absolute atomic E-state index is 12.8. The number of nitrogens with two attached hydrogens (primary N) is 1. The van der Waals surface area contributed by atoms with E-state index in [1.165, 1.54) is 29.7 Å². The zero-order valence-electron chi connectivity index (χ0n) is 19.6. The molecule has 2 amide bonds. The first kappa shape index (κ1) is 33.5. The molecule has 0 saturated carbocycles. The molecule has 1 fully saturated rings. The van der Waals surface area contributed by atoms with Crippen molar-refractivity contribution in [2.75, 3.05) is 25.2 Å². The van der Waals surface area contributed by atoms with E-state index in [9.17, 15) is 34.2 Å². The molecular weight excluding hydrogens is 572 g/mol. The Morgan fingerprint density at radius 3 is 2.62 bits per heavy atom. The van der Waals surface area contributed by atoms with Gasteiger partial charge in [-0.1, -0.05) is 16.9 Å². The largest absolute Gasteiger partial charge is 1.00 e. The van der Waals surface area contributed by atoms with Gasteiger partial charge in [-0.15, -0.1) is 23.1 Å². The molecule has 1 aromatic heterocycles. The van der Waals surface area contributed by atoms with E-state index in [-0.39, 0.29) is 86.3 Å². The normalized spacial score (nSPS) is 18.7. The molecule has 2 atom stereocenters. The fourth-order valence-electron chi connectivity index (χ4n) is 2.87. The number of anilines is 1. The van der Waals surface area contributed by atoms with Crippen LogP contribution >= 0.6 is 34.9 Å². The van der Waals surface area contributed by atoms with Crippen LogP contribution in [0, 0.1) is 0 Å². The molecule has 37 heavy (non-hydrogen) atoms. The number of nitrogens with zero attached hydrogens (tertiary/aromatic N) is 3. The van der Waals surface area contributed by atoms with Crippen molar-refractivity contribution >= 4 is 75.4 Å². The van der Waals surface area contributed by atoms with Gasteiger partial charge in [0.15, 0.2) is 17.5 Å². The minimum atomic E-state index is -1.60. The maximum Gasteiger partial charge on any atom is 1.00 e. The Bertz CT molecular complexity index is 1170. The molecule has 2 aliphatic rings. The zero-order valence-corrected chi connectivity index (χ0v) is 26.1. The Kier molecular flexibility index (Phi) is 13.7. The minimum Gasteiger partial charge on any atom is -0.546 e. The van der Waals surface area contributed by atoms with E-state index in [1.807, 2.05) is 0 Å². The predicted molar refractivity (Wildman–Crippen MR) is 120 cm³/mol. The molecule has 186 valence electrons. The van der Waals surface area contributed by atoms with Gasteiger partial charge in [-0.3, -0.25) is 14.5 Å². The number of ether oxygens (including phenoxy) is 1. The molecule has 0 unspecified atom stereocenters. The van der Waals surface area contributed by atoms with Gasteiger partial charge in [0.05, 0.1) is 24.7 Å². The molecule has 3 rings (SSSR count). The number of carbonyl (C=O) groups is 5. The fourth-order valence-corrected chi connectivity index (χ4v) is 5.73. The van der Waals surface area contributed by atoms with E-state index < -0.39 is 53.5 Å². The molecule has 3 N–H and O–H groups in total. The second-order valence-electron chi connectivity index (χ2n) is 6.52. The molecule has 14 nitrogen and oxygen atoms in total. The van der Waals surface area contributed by atoms with E-state index in [1.54, 1.807) is 0 Å². The molecule has 3 heterocycles. The number of thiazole rings is 1. The molecule has 1 aromatic rings. The average Bonchev–Trinajstić information content (AvgIpc) is 3.24. The maximum atomic E-state index is 12.8. The number of carboxylic acid groups (broad SMARTS) is 2. The Morgan fingerprint density at radius 1 is 1.35 bits per heavy atom. The van der Waals surface area contributed by atoms with E-state index in [2.05, 4.69) is 25.0 Å². The van der Waals surface area contributed by atoms with Crippen molar-refractivity contribution < 1.29 is 103 Å². The first-order valence-electron chi connectivity index (χ1n) is 9.36. The van der Waals surface area contributed by atoms with Crippen LogP contribution in [0.2, 0.25) is 0 Å². The number of thioether (sulfide) groups is 2. The molecule has 0 aliphatic carbocycles. The Hall–Kier alpha value is -1.57. The van der Waals surface area contributed by atoms with Gasteiger partial charge in [0.2, 0.25) is 0 Å². The Balaban J connectivity index is 0.00000342. The van der Waals surface area contributed by atoms with Crippen molar-refractivity contribution in [3.8, 4) is 0 Å². The van der Waals surface area contributed by atoms with Crippen molar-refractivity contribution in [3.05, 3.63) is 33.2 Å². The van der Waals surface area contributed by atoms with Crippen LogP contribution in [-0.4, -0.2) is 76.2 Å². The van der Waals surface area contributed by atoms with Crippen LogP contribution in [-0.2, 0) is 33.5 Å².